The molecule has 0 atom stereocenters. The van der Waals surface area contributed by atoms with E-state index < -0.39 is 0 Å². The molecule has 4 aromatic carbocycles. The fourth-order valence-electron chi connectivity index (χ4n) is 6.51. The summed E-state index contributed by atoms with van der Waals surface area (Å²) in [5.74, 6) is 0.816. The average molecular weight is 578 g/mol. The molecule has 216 valence electrons. The van der Waals surface area contributed by atoms with Crippen molar-refractivity contribution < 1.29 is 4.79 Å². The van der Waals surface area contributed by atoms with Crippen molar-refractivity contribution in [1.29, 1.82) is 0 Å². The van der Waals surface area contributed by atoms with E-state index in [4.69, 9.17) is 11.6 Å². The average Bonchev–Trinajstić information content (AvgIpc) is 3.27. The van der Waals surface area contributed by atoms with Crippen molar-refractivity contribution in [2.75, 3.05) is 38.6 Å². The number of alkyl halides is 1. The van der Waals surface area contributed by atoms with Gasteiger partial charge in [-0.3, -0.25) is 9.69 Å². The standard InChI is InChI=1S/C37H40ClN3O/c1-27-28(2)41(18-7-17-38)36-15-14-30(26-35(27)36)24-29-8-5-12-33(25-29)37(42)40-22-20-39(21-23-40)19-16-32-11-6-10-31-9-3-4-13-34(31)32/h3-6,8-15,25-26H,7,16-24H2,1-2H3. The van der Waals surface area contributed by atoms with Crippen molar-refractivity contribution in [3.63, 3.8) is 0 Å². The molecule has 4 nitrogen and oxygen atoms in total. The SMILES string of the molecule is Cc1c(C)n(CCCCl)c2ccc(Cc3cccc(C(=O)N4CCN(CCc5cccc6ccccc56)CC4)c3)cc12. The topological polar surface area (TPSA) is 28.5 Å². The van der Waals surface area contributed by atoms with Gasteiger partial charge in [0.2, 0.25) is 0 Å². The van der Waals surface area contributed by atoms with Crippen LogP contribution in [-0.2, 0) is 19.4 Å². The van der Waals surface area contributed by atoms with Crippen LogP contribution >= 0.6 is 11.6 Å². The molecule has 5 aromatic rings. The Kier molecular flexibility index (Phi) is 8.64. The number of hydrogen-bond acceptors (Lipinski definition) is 2. The number of amides is 1. The maximum Gasteiger partial charge on any atom is 0.253 e. The number of rotatable bonds is 9. The van der Waals surface area contributed by atoms with E-state index in [9.17, 15) is 4.79 Å². The first-order valence-corrected chi connectivity index (χ1v) is 15.8. The lowest BCUT2D eigenvalue weighted by Gasteiger charge is -2.35. The van der Waals surface area contributed by atoms with E-state index in [1.54, 1.807) is 0 Å². The zero-order valence-electron chi connectivity index (χ0n) is 24.8. The van der Waals surface area contributed by atoms with Gasteiger partial charge in [0.25, 0.3) is 5.91 Å². The second-order valence-corrected chi connectivity index (χ2v) is 12.0. The van der Waals surface area contributed by atoms with Crippen LogP contribution in [0.2, 0.25) is 0 Å². The van der Waals surface area contributed by atoms with Crippen LogP contribution < -0.4 is 0 Å². The minimum absolute atomic E-state index is 0.142. The van der Waals surface area contributed by atoms with Crippen molar-refractivity contribution in [3.8, 4) is 0 Å². The fourth-order valence-corrected chi connectivity index (χ4v) is 6.63. The van der Waals surface area contributed by atoms with E-state index in [-0.39, 0.29) is 5.91 Å². The number of fused-ring (bicyclic) bond motifs is 2. The number of halogens is 1. The van der Waals surface area contributed by atoms with Gasteiger partial charge in [0.1, 0.15) is 0 Å². The normalized spacial score (nSPS) is 14.2. The molecule has 42 heavy (non-hydrogen) atoms. The Morgan fingerprint density at radius 1 is 0.786 bits per heavy atom. The van der Waals surface area contributed by atoms with Gasteiger partial charge >= 0.3 is 0 Å². The number of carbonyl (C=O) groups is 1. The second-order valence-electron chi connectivity index (χ2n) is 11.7. The van der Waals surface area contributed by atoms with Crippen molar-refractivity contribution in [2.45, 2.75) is 39.7 Å². The van der Waals surface area contributed by atoms with E-state index >= 15 is 0 Å². The molecule has 0 saturated carbocycles. The third kappa shape index (κ3) is 5.97. The molecule has 0 N–H and O–H groups in total. The molecule has 1 fully saturated rings. The molecule has 0 radical (unpaired) electrons. The lowest BCUT2D eigenvalue weighted by molar-refractivity contribution is 0.0638. The van der Waals surface area contributed by atoms with Gasteiger partial charge in [0.05, 0.1) is 0 Å². The predicted molar refractivity (Wildman–Crippen MR) is 176 cm³/mol. The molecule has 0 bridgehead atoms. The van der Waals surface area contributed by atoms with Crippen LogP contribution in [0.1, 0.15) is 44.7 Å². The van der Waals surface area contributed by atoms with Crippen LogP contribution in [0, 0.1) is 13.8 Å². The molecule has 0 spiro atoms. The number of piperazine rings is 1. The molecule has 6 rings (SSSR count). The summed E-state index contributed by atoms with van der Waals surface area (Å²) in [7, 11) is 0. The number of nitrogens with zero attached hydrogens (tertiary/aromatic N) is 3. The van der Waals surface area contributed by atoms with E-state index in [2.05, 4.69) is 96.1 Å². The van der Waals surface area contributed by atoms with Crippen LogP contribution in [0.5, 0.6) is 0 Å². The summed E-state index contributed by atoms with van der Waals surface area (Å²) in [6.45, 7) is 9.75. The Balaban J connectivity index is 1.07. The Bertz CT molecular complexity index is 1710. The van der Waals surface area contributed by atoms with Crippen molar-refractivity contribution in [3.05, 3.63) is 118 Å². The molecular formula is C37H40ClN3O. The summed E-state index contributed by atoms with van der Waals surface area (Å²) < 4.78 is 2.39. The van der Waals surface area contributed by atoms with E-state index in [1.165, 1.54) is 49.6 Å². The summed E-state index contributed by atoms with van der Waals surface area (Å²) in [5, 5.41) is 3.96. The third-order valence-electron chi connectivity index (χ3n) is 9.04. The van der Waals surface area contributed by atoms with Gasteiger partial charge in [-0.25, -0.2) is 0 Å². The van der Waals surface area contributed by atoms with Gasteiger partial charge < -0.3 is 9.47 Å². The molecule has 1 aliphatic heterocycles. The van der Waals surface area contributed by atoms with Crippen molar-refractivity contribution in [1.82, 2.24) is 14.4 Å². The third-order valence-corrected chi connectivity index (χ3v) is 9.30. The maximum atomic E-state index is 13.5. The largest absolute Gasteiger partial charge is 0.345 e. The zero-order chi connectivity index (χ0) is 29.1. The molecule has 5 heteroatoms. The number of hydrogen-bond donors (Lipinski definition) is 0. The van der Waals surface area contributed by atoms with Gasteiger partial charge in [-0.1, -0.05) is 60.7 Å². The minimum atomic E-state index is 0.142. The quantitative estimate of drug-likeness (QED) is 0.168. The summed E-state index contributed by atoms with van der Waals surface area (Å²) in [5.41, 5.74) is 8.55. The molecule has 1 aromatic heterocycles. The molecule has 1 aliphatic rings. The molecule has 0 aliphatic carbocycles. The minimum Gasteiger partial charge on any atom is -0.345 e. The van der Waals surface area contributed by atoms with Crippen LogP contribution in [0.4, 0.5) is 0 Å². The highest BCUT2D eigenvalue weighted by Gasteiger charge is 2.22. The molecular weight excluding hydrogens is 538 g/mol. The van der Waals surface area contributed by atoms with Crippen molar-refractivity contribution >= 4 is 39.2 Å². The van der Waals surface area contributed by atoms with Crippen molar-refractivity contribution in [2.24, 2.45) is 0 Å². The number of benzene rings is 4. The lowest BCUT2D eigenvalue weighted by Crippen LogP contribution is -2.49. The Labute approximate surface area is 254 Å². The van der Waals surface area contributed by atoms with Gasteiger partial charge in [0.15, 0.2) is 0 Å². The van der Waals surface area contributed by atoms with Gasteiger partial charge in [-0.2, -0.15) is 0 Å². The fraction of sp³-hybridized carbons (Fsp3) is 0.324. The highest BCUT2D eigenvalue weighted by atomic mass is 35.5. The van der Waals surface area contributed by atoms with E-state index in [1.807, 2.05) is 17.0 Å². The van der Waals surface area contributed by atoms with E-state index in [0.717, 1.165) is 64.1 Å². The van der Waals surface area contributed by atoms with Gasteiger partial charge in [-0.15, -0.1) is 11.6 Å². The Morgan fingerprint density at radius 2 is 1.55 bits per heavy atom. The summed E-state index contributed by atoms with van der Waals surface area (Å²) in [6, 6.07) is 30.2. The number of aryl methyl sites for hydroxylation is 2. The highest BCUT2D eigenvalue weighted by Crippen LogP contribution is 2.28. The first kappa shape index (κ1) is 28.5. The number of carbonyl (C=O) groups excluding carboxylic acids is 1. The molecule has 1 saturated heterocycles. The first-order chi connectivity index (χ1) is 20.5. The zero-order valence-corrected chi connectivity index (χ0v) is 25.5. The maximum absolute atomic E-state index is 13.5. The molecule has 1 amide bonds. The summed E-state index contributed by atoms with van der Waals surface area (Å²) in [6.07, 6.45) is 2.80. The predicted octanol–water partition coefficient (Wildman–Crippen LogP) is 7.63. The number of aromatic nitrogens is 1. The van der Waals surface area contributed by atoms with Crippen LogP contribution in [0.25, 0.3) is 21.7 Å². The Morgan fingerprint density at radius 3 is 2.38 bits per heavy atom. The van der Waals surface area contributed by atoms with Crippen LogP contribution in [-0.4, -0.2) is 58.9 Å². The molecule has 2 heterocycles. The Hall–Kier alpha value is -3.60. The monoisotopic (exact) mass is 577 g/mol. The van der Waals surface area contributed by atoms with Crippen LogP contribution in [0.3, 0.4) is 0 Å². The smallest absolute Gasteiger partial charge is 0.253 e. The second kappa shape index (κ2) is 12.7. The summed E-state index contributed by atoms with van der Waals surface area (Å²) in [4.78, 5) is 18.0. The highest BCUT2D eigenvalue weighted by molar-refractivity contribution is 6.17. The molecule has 0 unspecified atom stereocenters. The lowest BCUT2D eigenvalue weighted by atomic mass is 10.00. The van der Waals surface area contributed by atoms with E-state index in [0.29, 0.717) is 5.88 Å². The van der Waals surface area contributed by atoms with Gasteiger partial charge in [0, 0.05) is 67.3 Å². The first-order valence-electron chi connectivity index (χ1n) is 15.2. The summed E-state index contributed by atoms with van der Waals surface area (Å²) >= 11 is 5.98. The van der Waals surface area contributed by atoms with Crippen LogP contribution in [0.15, 0.2) is 84.9 Å². The van der Waals surface area contributed by atoms with Gasteiger partial charge in [-0.05, 0) is 90.4 Å².